The van der Waals surface area contributed by atoms with Crippen LogP contribution in [0.4, 0.5) is 5.95 Å². The van der Waals surface area contributed by atoms with Crippen molar-refractivity contribution in [2.75, 3.05) is 38.6 Å². The number of ether oxygens (including phenoxy) is 1. The van der Waals surface area contributed by atoms with Gasteiger partial charge in [-0.25, -0.2) is 4.98 Å². The first-order valence-electron chi connectivity index (χ1n) is 6.95. The Balaban J connectivity index is 1.66. The van der Waals surface area contributed by atoms with Gasteiger partial charge in [0.2, 0.25) is 5.95 Å². The molecule has 1 aromatic heterocycles. The van der Waals surface area contributed by atoms with Crippen molar-refractivity contribution >= 4 is 39.6 Å². The zero-order valence-corrected chi connectivity index (χ0v) is 13.5. The van der Waals surface area contributed by atoms with Gasteiger partial charge in [0.15, 0.2) is 0 Å². The summed E-state index contributed by atoms with van der Waals surface area (Å²) in [5.74, 6) is 0.615. The van der Waals surface area contributed by atoms with Crippen molar-refractivity contribution in [3.8, 4) is 0 Å². The van der Waals surface area contributed by atoms with Crippen LogP contribution in [0, 0.1) is 3.57 Å². The third-order valence-electron chi connectivity index (χ3n) is 3.70. The van der Waals surface area contributed by atoms with E-state index in [2.05, 4.69) is 55.2 Å². The standard InChI is InChI=1S/C14H19IN4O/c15-11-2-3-13-12(10-11)17-14(16)19(13)5-1-4-18-6-8-20-9-7-18/h2-3,10H,1,4-9H2,(H2,16,17). The van der Waals surface area contributed by atoms with E-state index in [-0.39, 0.29) is 0 Å². The van der Waals surface area contributed by atoms with Crippen molar-refractivity contribution in [1.82, 2.24) is 14.5 Å². The smallest absolute Gasteiger partial charge is 0.201 e. The molecule has 0 atom stereocenters. The van der Waals surface area contributed by atoms with E-state index in [1.54, 1.807) is 0 Å². The van der Waals surface area contributed by atoms with Gasteiger partial charge in [0, 0.05) is 29.7 Å². The molecule has 1 aromatic carbocycles. The minimum atomic E-state index is 0.615. The number of nitrogens with zero attached hydrogens (tertiary/aromatic N) is 3. The number of fused-ring (bicyclic) bond motifs is 1. The van der Waals surface area contributed by atoms with Crippen LogP contribution in [0.25, 0.3) is 11.0 Å². The second-order valence-electron chi connectivity index (χ2n) is 5.06. The number of aryl methyl sites for hydroxylation is 1. The topological polar surface area (TPSA) is 56.3 Å². The van der Waals surface area contributed by atoms with Gasteiger partial charge in [-0.1, -0.05) is 0 Å². The molecule has 1 saturated heterocycles. The van der Waals surface area contributed by atoms with Gasteiger partial charge >= 0.3 is 0 Å². The van der Waals surface area contributed by atoms with Crippen LogP contribution >= 0.6 is 22.6 Å². The Morgan fingerprint density at radius 3 is 2.85 bits per heavy atom. The van der Waals surface area contributed by atoms with Crippen molar-refractivity contribution in [1.29, 1.82) is 0 Å². The molecule has 20 heavy (non-hydrogen) atoms. The first kappa shape index (κ1) is 14.1. The Kier molecular flexibility index (Phi) is 4.42. The van der Waals surface area contributed by atoms with Gasteiger partial charge in [-0.15, -0.1) is 0 Å². The first-order valence-corrected chi connectivity index (χ1v) is 8.03. The minimum absolute atomic E-state index is 0.615. The maximum atomic E-state index is 6.04. The Hall–Kier alpha value is -0.860. The van der Waals surface area contributed by atoms with E-state index in [0.717, 1.165) is 56.8 Å². The van der Waals surface area contributed by atoms with Gasteiger partial charge in [0.1, 0.15) is 0 Å². The van der Waals surface area contributed by atoms with Crippen molar-refractivity contribution in [2.45, 2.75) is 13.0 Å². The van der Waals surface area contributed by atoms with Crippen LogP contribution < -0.4 is 5.73 Å². The lowest BCUT2D eigenvalue weighted by Gasteiger charge is -2.26. The number of benzene rings is 1. The molecule has 1 aliphatic heterocycles. The molecule has 0 amide bonds. The van der Waals surface area contributed by atoms with Crippen LogP contribution in [-0.2, 0) is 11.3 Å². The average molecular weight is 386 g/mol. The number of hydrogen-bond acceptors (Lipinski definition) is 4. The number of morpholine rings is 1. The van der Waals surface area contributed by atoms with Gasteiger partial charge in [0.05, 0.1) is 24.2 Å². The molecule has 3 rings (SSSR count). The fourth-order valence-electron chi connectivity index (χ4n) is 2.63. The van der Waals surface area contributed by atoms with Crippen LogP contribution in [-0.4, -0.2) is 47.3 Å². The summed E-state index contributed by atoms with van der Waals surface area (Å²) in [6.45, 7) is 5.80. The lowest BCUT2D eigenvalue weighted by molar-refractivity contribution is 0.0370. The molecule has 6 heteroatoms. The summed E-state index contributed by atoms with van der Waals surface area (Å²) >= 11 is 2.30. The number of rotatable bonds is 4. The lowest BCUT2D eigenvalue weighted by atomic mass is 10.3. The van der Waals surface area contributed by atoms with Crippen molar-refractivity contribution < 1.29 is 4.74 Å². The van der Waals surface area contributed by atoms with Crippen molar-refractivity contribution in [2.24, 2.45) is 0 Å². The maximum absolute atomic E-state index is 6.04. The number of hydrogen-bond donors (Lipinski definition) is 1. The van der Waals surface area contributed by atoms with Crippen LogP contribution in [0.1, 0.15) is 6.42 Å². The highest BCUT2D eigenvalue weighted by Gasteiger charge is 2.11. The molecule has 0 unspecified atom stereocenters. The van der Waals surface area contributed by atoms with Crippen LogP contribution in [0.5, 0.6) is 0 Å². The third-order valence-corrected chi connectivity index (χ3v) is 4.37. The quantitative estimate of drug-likeness (QED) is 0.817. The van der Waals surface area contributed by atoms with Gasteiger partial charge in [-0.05, 0) is 47.2 Å². The van der Waals surface area contributed by atoms with Crippen LogP contribution in [0.15, 0.2) is 18.2 Å². The van der Waals surface area contributed by atoms with Crippen LogP contribution in [0.3, 0.4) is 0 Å². The predicted molar refractivity (Wildman–Crippen MR) is 88.7 cm³/mol. The number of imidazole rings is 1. The molecule has 2 N–H and O–H groups in total. The fourth-order valence-corrected chi connectivity index (χ4v) is 3.11. The highest BCUT2D eigenvalue weighted by atomic mass is 127. The largest absolute Gasteiger partial charge is 0.379 e. The van der Waals surface area contributed by atoms with Crippen LogP contribution in [0.2, 0.25) is 0 Å². The van der Waals surface area contributed by atoms with Gasteiger partial charge in [0.25, 0.3) is 0 Å². The van der Waals surface area contributed by atoms with E-state index in [0.29, 0.717) is 5.95 Å². The first-order chi connectivity index (χ1) is 9.74. The highest BCUT2D eigenvalue weighted by Crippen LogP contribution is 2.20. The zero-order valence-electron chi connectivity index (χ0n) is 11.4. The van der Waals surface area contributed by atoms with Gasteiger partial charge in [-0.2, -0.15) is 0 Å². The number of halogens is 1. The number of aromatic nitrogens is 2. The Morgan fingerprint density at radius 1 is 1.25 bits per heavy atom. The van der Waals surface area contributed by atoms with Gasteiger partial charge < -0.3 is 15.0 Å². The molecule has 0 radical (unpaired) electrons. The Bertz CT molecular complexity index is 592. The fraction of sp³-hybridized carbons (Fsp3) is 0.500. The third kappa shape index (κ3) is 3.07. The molecule has 1 fully saturated rings. The summed E-state index contributed by atoms with van der Waals surface area (Å²) in [7, 11) is 0. The predicted octanol–water partition coefficient (Wildman–Crippen LogP) is 1.95. The van der Waals surface area contributed by atoms with E-state index in [9.17, 15) is 0 Å². The molecule has 0 saturated carbocycles. The van der Waals surface area contributed by atoms with E-state index < -0.39 is 0 Å². The molecule has 0 bridgehead atoms. The summed E-state index contributed by atoms with van der Waals surface area (Å²) in [6.07, 6.45) is 1.08. The summed E-state index contributed by atoms with van der Waals surface area (Å²) in [5, 5.41) is 0. The lowest BCUT2D eigenvalue weighted by Crippen LogP contribution is -2.37. The van der Waals surface area contributed by atoms with Crippen molar-refractivity contribution in [3.05, 3.63) is 21.8 Å². The molecule has 2 aromatic rings. The molecule has 0 spiro atoms. The molecule has 5 nitrogen and oxygen atoms in total. The van der Waals surface area contributed by atoms with E-state index >= 15 is 0 Å². The minimum Gasteiger partial charge on any atom is -0.379 e. The molecule has 0 aliphatic carbocycles. The maximum Gasteiger partial charge on any atom is 0.201 e. The SMILES string of the molecule is Nc1nc2cc(I)ccc2n1CCCN1CCOCC1. The second kappa shape index (κ2) is 6.28. The molecule has 1 aliphatic rings. The van der Waals surface area contributed by atoms with E-state index in [4.69, 9.17) is 10.5 Å². The normalized spacial score (nSPS) is 16.9. The second-order valence-corrected chi connectivity index (χ2v) is 6.31. The summed E-state index contributed by atoms with van der Waals surface area (Å²) in [4.78, 5) is 6.89. The van der Waals surface area contributed by atoms with E-state index in [1.807, 2.05) is 0 Å². The number of nitrogens with two attached hydrogens (primary N) is 1. The summed E-state index contributed by atoms with van der Waals surface area (Å²) < 4.78 is 8.67. The number of nitrogen functional groups attached to an aromatic ring is 1. The summed E-state index contributed by atoms with van der Waals surface area (Å²) in [6, 6.07) is 6.28. The van der Waals surface area contributed by atoms with Crippen molar-refractivity contribution in [3.63, 3.8) is 0 Å². The number of anilines is 1. The zero-order chi connectivity index (χ0) is 13.9. The van der Waals surface area contributed by atoms with Gasteiger partial charge in [-0.3, -0.25) is 4.90 Å². The van der Waals surface area contributed by atoms with E-state index in [1.165, 1.54) is 3.57 Å². The Labute approximate surface area is 132 Å². The molecule has 108 valence electrons. The molecular formula is C14H19IN4O. The highest BCUT2D eigenvalue weighted by molar-refractivity contribution is 14.1. The molecular weight excluding hydrogens is 367 g/mol. The monoisotopic (exact) mass is 386 g/mol. The average Bonchev–Trinajstić information content (AvgIpc) is 2.75. The summed E-state index contributed by atoms with van der Waals surface area (Å²) in [5.41, 5.74) is 8.15. The Morgan fingerprint density at radius 2 is 2.05 bits per heavy atom. The molecule has 2 heterocycles.